The highest BCUT2D eigenvalue weighted by atomic mass is 35.5. The molecule has 1 aliphatic rings. The summed E-state index contributed by atoms with van der Waals surface area (Å²) in [6.07, 6.45) is 0. The van der Waals surface area contributed by atoms with Gasteiger partial charge in [0, 0.05) is 42.8 Å². The lowest BCUT2D eigenvalue weighted by molar-refractivity contribution is 0.0616. The number of aromatic nitrogens is 1. The number of hydrogen-bond acceptors (Lipinski definition) is 5. The molecule has 1 aromatic heterocycles. The van der Waals surface area contributed by atoms with E-state index in [0.29, 0.717) is 40.2 Å². The van der Waals surface area contributed by atoms with Crippen molar-refractivity contribution in [1.82, 2.24) is 15.0 Å². The highest BCUT2D eigenvalue weighted by molar-refractivity contribution is 6.35. The Morgan fingerprint density at radius 1 is 1.06 bits per heavy atom. The highest BCUT2D eigenvalue weighted by Gasteiger charge is 2.28. The monoisotopic (exact) mass is 487 g/mol. The molecule has 2 aromatic carbocycles. The minimum atomic E-state index is -0.129. The second kappa shape index (κ2) is 10.2. The molecular weight excluding hydrogens is 461 g/mol. The molecule has 0 saturated carbocycles. The van der Waals surface area contributed by atoms with Crippen molar-refractivity contribution in [2.75, 3.05) is 26.2 Å². The van der Waals surface area contributed by atoms with Crippen LogP contribution in [0.15, 0.2) is 40.9 Å². The fraction of sp³-hybridized carbons (Fsp3) is 0.360. The molecule has 0 spiro atoms. The minimum Gasteiger partial charge on any atom is -0.488 e. The lowest BCUT2D eigenvalue weighted by Crippen LogP contribution is -2.48. The molecule has 1 amide bonds. The van der Waals surface area contributed by atoms with Crippen LogP contribution in [-0.4, -0.2) is 47.0 Å². The Hall–Kier alpha value is -2.54. The van der Waals surface area contributed by atoms with Crippen LogP contribution in [0.3, 0.4) is 0 Å². The van der Waals surface area contributed by atoms with Crippen LogP contribution in [0.1, 0.15) is 38.5 Å². The average Bonchev–Trinajstić information content (AvgIpc) is 3.16. The fourth-order valence-corrected chi connectivity index (χ4v) is 4.36. The van der Waals surface area contributed by atoms with Gasteiger partial charge in [0.1, 0.15) is 18.1 Å². The number of rotatable bonds is 6. The SMILES string of the molecule is Cc1ccc(C)c(OCc2c(C(=O)N3CCN(Cc4ccc(Cl)cc4Cl)CC3)noc2C)c1. The van der Waals surface area contributed by atoms with Crippen LogP contribution in [0.25, 0.3) is 0 Å². The molecule has 0 unspecified atom stereocenters. The summed E-state index contributed by atoms with van der Waals surface area (Å²) in [4.78, 5) is 17.3. The van der Waals surface area contributed by atoms with Crippen molar-refractivity contribution in [3.05, 3.63) is 80.2 Å². The van der Waals surface area contributed by atoms with Crippen LogP contribution in [0.2, 0.25) is 10.0 Å². The first kappa shape index (κ1) is 23.6. The van der Waals surface area contributed by atoms with E-state index in [1.165, 1.54) is 0 Å². The molecule has 6 nitrogen and oxygen atoms in total. The van der Waals surface area contributed by atoms with E-state index in [1.54, 1.807) is 13.0 Å². The van der Waals surface area contributed by atoms with Crippen LogP contribution >= 0.6 is 23.2 Å². The van der Waals surface area contributed by atoms with Gasteiger partial charge < -0.3 is 14.2 Å². The first-order chi connectivity index (χ1) is 15.8. The number of nitrogens with zero attached hydrogens (tertiary/aromatic N) is 3. The van der Waals surface area contributed by atoms with E-state index in [-0.39, 0.29) is 12.5 Å². The molecule has 1 fully saturated rings. The summed E-state index contributed by atoms with van der Waals surface area (Å²) in [5.74, 6) is 1.26. The highest BCUT2D eigenvalue weighted by Crippen LogP contribution is 2.25. The molecule has 2 heterocycles. The van der Waals surface area contributed by atoms with Gasteiger partial charge in [-0.2, -0.15) is 0 Å². The average molecular weight is 488 g/mol. The number of carbonyl (C=O) groups is 1. The second-order valence-electron chi connectivity index (χ2n) is 8.43. The Morgan fingerprint density at radius 2 is 1.82 bits per heavy atom. The molecule has 0 radical (unpaired) electrons. The van der Waals surface area contributed by atoms with E-state index in [1.807, 2.05) is 49.1 Å². The van der Waals surface area contributed by atoms with Gasteiger partial charge in [-0.15, -0.1) is 0 Å². The predicted octanol–water partition coefficient (Wildman–Crippen LogP) is 5.44. The van der Waals surface area contributed by atoms with E-state index >= 15 is 0 Å². The second-order valence-corrected chi connectivity index (χ2v) is 9.27. The minimum absolute atomic E-state index is 0.129. The quantitative estimate of drug-likeness (QED) is 0.462. The van der Waals surface area contributed by atoms with Gasteiger partial charge in [-0.3, -0.25) is 9.69 Å². The van der Waals surface area contributed by atoms with Crippen molar-refractivity contribution in [2.45, 2.75) is 33.9 Å². The van der Waals surface area contributed by atoms with Gasteiger partial charge >= 0.3 is 0 Å². The summed E-state index contributed by atoms with van der Waals surface area (Å²) in [5.41, 5.74) is 4.20. The van der Waals surface area contributed by atoms with Crippen LogP contribution in [-0.2, 0) is 13.2 Å². The largest absolute Gasteiger partial charge is 0.488 e. The van der Waals surface area contributed by atoms with Gasteiger partial charge in [-0.05, 0) is 55.7 Å². The van der Waals surface area contributed by atoms with Crippen molar-refractivity contribution in [2.24, 2.45) is 0 Å². The molecule has 0 bridgehead atoms. The Labute approximate surface area is 204 Å². The number of hydrogen-bond donors (Lipinski definition) is 0. The maximum absolute atomic E-state index is 13.2. The summed E-state index contributed by atoms with van der Waals surface area (Å²) in [6.45, 7) is 9.47. The van der Waals surface area contributed by atoms with E-state index in [2.05, 4.69) is 10.1 Å². The Balaban J connectivity index is 1.38. The lowest BCUT2D eigenvalue weighted by atomic mass is 10.1. The molecule has 174 valence electrons. The summed E-state index contributed by atoms with van der Waals surface area (Å²) >= 11 is 12.3. The topological polar surface area (TPSA) is 58.8 Å². The zero-order chi connectivity index (χ0) is 23.5. The maximum atomic E-state index is 13.2. The number of benzene rings is 2. The molecule has 0 N–H and O–H groups in total. The third kappa shape index (κ3) is 5.52. The summed E-state index contributed by atoms with van der Waals surface area (Å²) in [5, 5.41) is 5.34. The molecule has 0 atom stereocenters. The molecule has 33 heavy (non-hydrogen) atoms. The van der Waals surface area contributed by atoms with Crippen LogP contribution < -0.4 is 4.74 Å². The fourth-order valence-electron chi connectivity index (χ4n) is 3.89. The van der Waals surface area contributed by atoms with E-state index in [0.717, 1.165) is 42.1 Å². The number of ether oxygens (including phenoxy) is 1. The van der Waals surface area contributed by atoms with Gasteiger partial charge in [0.15, 0.2) is 5.69 Å². The maximum Gasteiger partial charge on any atom is 0.276 e. The van der Waals surface area contributed by atoms with E-state index < -0.39 is 0 Å². The molecular formula is C25H27Cl2N3O3. The van der Waals surface area contributed by atoms with Gasteiger partial charge in [0.05, 0.1) is 5.56 Å². The van der Waals surface area contributed by atoms with Gasteiger partial charge in [0.25, 0.3) is 5.91 Å². The zero-order valence-corrected chi connectivity index (χ0v) is 20.5. The molecule has 0 aliphatic carbocycles. The zero-order valence-electron chi connectivity index (χ0n) is 19.0. The number of halogens is 2. The normalized spacial score (nSPS) is 14.5. The predicted molar refractivity (Wildman–Crippen MR) is 129 cm³/mol. The first-order valence-corrected chi connectivity index (χ1v) is 11.7. The third-order valence-corrected chi connectivity index (χ3v) is 6.56. The number of piperazine rings is 1. The smallest absolute Gasteiger partial charge is 0.276 e. The summed E-state index contributed by atoms with van der Waals surface area (Å²) < 4.78 is 11.4. The van der Waals surface area contributed by atoms with E-state index in [9.17, 15) is 4.79 Å². The molecule has 1 aliphatic heterocycles. The molecule has 4 rings (SSSR count). The Bertz CT molecular complexity index is 1150. The summed E-state index contributed by atoms with van der Waals surface area (Å²) in [6, 6.07) is 11.6. The van der Waals surface area contributed by atoms with Crippen LogP contribution in [0.5, 0.6) is 5.75 Å². The molecule has 8 heteroatoms. The van der Waals surface area contributed by atoms with Crippen LogP contribution in [0.4, 0.5) is 0 Å². The van der Waals surface area contributed by atoms with Crippen molar-refractivity contribution < 1.29 is 14.1 Å². The first-order valence-electron chi connectivity index (χ1n) is 10.9. The van der Waals surface area contributed by atoms with Crippen LogP contribution in [0, 0.1) is 20.8 Å². The third-order valence-electron chi connectivity index (χ3n) is 5.97. The van der Waals surface area contributed by atoms with Crippen molar-refractivity contribution >= 4 is 29.1 Å². The number of amides is 1. The molecule has 3 aromatic rings. The van der Waals surface area contributed by atoms with Crippen molar-refractivity contribution in [3.63, 3.8) is 0 Å². The van der Waals surface area contributed by atoms with E-state index in [4.69, 9.17) is 32.5 Å². The number of aryl methyl sites for hydroxylation is 3. The van der Waals surface area contributed by atoms with Gasteiger partial charge in [-0.1, -0.05) is 46.6 Å². The van der Waals surface area contributed by atoms with Gasteiger partial charge in [0.2, 0.25) is 0 Å². The molecule has 1 saturated heterocycles. The van der Waals surface area contributed by atoms with Crippen molar-refractivity contribution in [3.8, 4) is 5.75 Å². The standard InChI is InChI=1S/C25H27Cl2N3O3/c1-16-4-5-17(2)23(12-16)32-15-21-18(3)33-28-24(21)25(31)30-10-8-29(9-11-30)14-19-6-7-20(26)13-22(19)27/h4-7,12-13H,8-11,14-15H2,1-3H3. The number of carbonyl (C=O) groups excluding carboxylic acids is 1. The van der Waals surface area contributed by atoms with Crippen molar-refractivity contribution in [1.29, 1.82) is 0 Å². The lowest BCUT2D eigenvalue weighted by Gasteiger charge is -2.34. The summed E-state index contributed by atoms with van der Waals surface area (Å²) in [7, 11) is 0. The van der Waals surface area contributed by atoms with Gasteiger partial charge in [-0.25, -0.2) is 0 Å². The Morgan fingerprint density at radius 3 is 2.55 bits per heavy atom. The Kier molecular flexibility index (Phi) is 7.27.